The van der Waals surface area contributed by atoms with Crippen molar-refractivity contribution in [3.8, 4) is 5.75 Å². The van der Waals surface area contributed by atoms with Crippen LogP contribution in [0.2, 0.25) is 0 Å². The number of ether oxygens (including phenoxy) is 3. The molecule has 1 spiro atoms. The minimum atomic E-state index is -1.38. The zero-order valence-electron chi connectivity index (χ0n) is 25.4. The first-order valence-electron chi connectivity index (χ1n) is 16.0. The van der Waals surface area contributed by atoms with Gasteiger partial charge < -0.3 is 29.0 Å². The third-order valence-electron chi connectivity index (χ3n) is 13.0. The molecule has 2 saturated heterocycles. The molecular weight excluding hydrogens is 556 g/mol. The Morgan fingerprint density at radius 3 is 2.84 bits per heavy atom. The Morgan fingerprint density at radius 1 is 1.21 bits per heavy atom. The molecule has 2 bridgehead atoms. The molecule has 0 radical (unpaired) electrons. The molecule has 2 N–H and O–H groups in total. The summed E-state index contributed by atoms with van der Waals surface area (Å²) in [5.74, 6) is -1.65. The molecule has 6 aliphatic rings. The van der Waals surface area contributed by atoms with Crippen molar-refractivity contribution >= 4 is 24.3 Å². The van der Waals surface area contributed by atoms with Gasteiger partial charge in [-0.15, -0.1) is 0 Å². The molecular formula is C32H43BFNO8. The van der Waals surface area contributed by atoms with E-state index < -0.39 is 48.5 Å². The summed E-state index contributed by atoms with van der Waals surface area (Å²) in [6, 6.07) is 3.04. The second-order valence-electron chi connectivity index (χ2n) is 14.4. The molecule has 1 aromatic rings. The first-order chi connectivity index (χ1) is 20.5. The molecule has 1 unspecified atom stereocenters. The molecule has 0 aromatic heterocycles. The molecule has 3 aliphatic carbocycles. The van der Waals surface area contributed by atoms with Crippen molar-refractivity contribution in [2.45, 2.75) is 84.2 Å². The third-order valence-corrected chi connectivity index (χ3v) is 13.0. The van der Waals surface area contributed by atoms with Gasteiger partial charge in [-0.25, -0.2) is 9.18 Å². The van der Waals surface area contributed by atoms with Gasteiger partial charge in [0.15, 0.2) is 18.2 Å². The second kappa shape index (κ2) is 10.5. The summed E-state index contributed by atoms with van der Waals surface area (Å²) < 4.78 is 38.2. The summed E-state index contributed by atoms with van der Waals surface area (Å²) in [6.07, 6.45) is 2.85. The normalized spacial score (nSPS) is 42.3. The summed E-state index contributed by atoms with van der Waals surface area (Å²) in [4.78, 5) is 29.8. The maximum atomic E-state index is 15.1. The summed E-state index contributed by atoms with van der Waals surface area (Å²) in [7, 11) is -1.38. The van der Waals surface area contributed by atoms with Crippen molar-refractivity contribution in [1.82, 2.24) is 4.90 Å². The second-order valence-corrected chi connectivity index (χ2v) is 14.4. The van der Waals surface area contributed by atoms with Crippen LogP contribution in [0.1, 0.15) is 64.9 Å². The fourth-order valence-electron chi connectivity index (χ4n) is 10.4. The third kappa shape index (κ3) is 4.21. The van der Waals surface area contributed by atoms with Crippen LogP contribution in [0, 0.1) is 39.8 Å². The van der Waals surface area contributed by atoms with E-state index in [-0.39, 0.29) is 52.8 Å². The largest absolute Gasteiger partial charge is 0.494 e. The number of hydrogen-bond acceptors (Lipinski definition) is 9. The number of morpholine rings is 1. The first kappa shape index (κ1) is 29.7. The Bertz CT molecular complexity index is 1310. The van der Waals surface area contributed by atoms with Gasteiger partial charge in [-0.05, 0) is 67.5 Å². The average molecular weight is 600 g/mol. The molecule has 234 valence electrons. The van der Waals surface area contributed by atoms with Crippen molar-refractivity contribution in [1.29, 1.82) is 0 Å². The van der Waals surface area contributed by atoms with E-state index in [9.17, 15) is 19.7 Å². The SMILES string of the molecule is C[C@@H]1CC[C@@]23CCC(=O)[C@H]2[C@]1(C)[C@H](OC(=O)COc1ccc2c(c1F)B(O)OC2)C[C@@]1(CCN2CCOCC21)[C@@H](O)[C@@H]3C. The van der Waals surface area contributed by atoms with E-state index in [1.165, 1.54) is 6.07 Å². The summed E-state index contributed by atoms with van der Waals surface area (Å²) in [5, 5.41) is 22.4. The van der Waals surface area contributed by atoms with E-state index >= 15 is 4.39 Å². The number of nitrogens with zero attached hydrogens (tertiary/aromatic N) is 1. The number of halogens is 1. The molecule has 7 rings (SSSR count). The maximum absolute atomic E-state index is 15.1. The zero-order valence-corrected chi connectivity index (χ0v) is 25.4. The number of esters is 1. The molecule has 0 amide bonds. The fourth-order valence-corrected chi connectivity index (χ4v) is 10.4. The van der Waals surface area contributed by atoms with Crippen LogP contribution in [-0.2, 0) is 30.3 Å². The summed E-state index contributed by atoms with van der Waals surface area (Å²) >= 11 is 0. The van der Waals surface area contributed by atoms with E-state index in [1.807, 2.05) is 0 Å². The highest BCUT2D eigenvalue weighted by Crippen LogP contribution is 2.69. The highest BCUT2D eigenvalue weighted by molar-refractivity contribution is 6.61. The quantitative estimate of drug-likeness (QED) is 0.397. The minimum absolute atomic E-state index is 0.00463. The topological polar surface area (TPSA) is 115 Å². The average Bonchev–Trinajstić information content (AvgIpc) is 3.68. The molecule has 3 aliphatic heterocycles. The van der Waals surface area contributed by atoms with Gasteiger partial charge >= 0.3 is 13.1 Å². The molecule has 5 fully saturated rings. The molecule has 43 heavy (non-hydrogen) atoms. The van der Waals surface area contributed by atoms with Crippen molar-refractivity contribution in [3.63, 3.8) is 0 Å². The standard InChI is InChI=1S/C32H43BFNO8/c1-18-6-8-31-9-7-21(36)28(31)30(18,3)24(14-32(29(38)19(31)2)10-11-35-12-13-40-16-23(32)35)43-25(37)17-41-22-5-4-20-15-42-33(39)26(20)27(22)34/h4-5,18-19,23-24,28-29,38-39H,6-17H2,1-3H3/t18-,19+,23?,24-,28+,29+,30+,31+,32-/m1/s1. The van der Waals surface area contributed by atoms with E-state index in [4.69, 9.17) is 18.9 Å². The zero-order chi connectivity index (χ0) is 30.3. The first-order valence-corrected chi connectivity index (χ1v) is 16.0. The number of hydrogen-bond donors (Lipinski definition) is 2. The highest BCUT2D eigenvalue weighted by atomic mass is 19.1. The van der Waals surface area contributed by atoms with Crippen molar-refractivity contribution in [3.05, 3.63) is 23.5 Å². The Labute approximate surface area is 252 Å². The Kier molecular flexibility index (Phi) is 7.25. The van der Waals surface area contributed by atoms with Crippen LogP contribution in [0.3, 0.4) is 0 Å². The van der Waals surface area contributed by atoms with Gasteiger partial charge in [-0.1, -0.05) is 26.8 Å². The van der Waals surface area contributed by atoms with Crippen LogP contribution < -0.4 is 10.2 Å². The number of rotatable bonds is 4. The molecule has 3 saturated carbocycles. The predicted molar refractivity (Wildman–Crippen MR) is 154 cm³/mol. The lowest BCUT2D eigenvalue weighted by Gasteiger charge is -2.63. The molecule has 9 atom stereocenters. The lowest BCUT2D eigenvalue weighted by molar-refractivity contribution is -0.220. The highest BCUT2D eigenvalue weighted by Gasteiger charge is 2.70. The smallest absolute Gasteiger partial charge is 0.479 e. The summed E-state index contributed by atoms with van der Waals surface area (Å²) in [5.41, 5.74) is -0.988. The Balaban J connectivity index is 1.23. The fraction of sp³-hybridized carbons (Fsp3) is 0.750. The summed E-state index contributed by atoms with van der Waals surface area (Å²) in [6.45, 7) is 8.84. The molecule has 11 heteroatoms. The van der Waals surface area contributed by atoms with Gasteiger partial charge in [0.2, 0.25) is 0 Å². The van der Waals surface area contributed by atoms with Crippen LogP contribution in [-0.4, -0.2) is 85.1 Å². The lowest BCUT2D eigenvalue weighted by Crippen LogP contribution is -2.66. The van der Waals surface area contributed by atoms with E-state index in [1.54, 1.807) is 6.07 Å². The molecule has 9 nitrogen and oxygen atoms in total. The van der Waals surface area contributed by atoms with Crippen molar-refractivity contribution in [2.75, 3.05) is 32.9 Å². The van der Waals surface area contributed by atoms with Gasteiger partial charge in [0.05, 0.1) is 25.9 Å². The number of fused-ring (bicyclic) bond motifs is 3. The van der Waals surface area contributed by atoms with Gasteiger partial charge in [0, 0.05) is 41.2 Å². The minimum Gasteiger partial charge on any atom is -0.479 e. The number of Topliss-reactive ketones (excluding diaryl/α,β-unsaturated/α-hetero) is 1. The number of benzene rings is 1. The van der Waals surface area contributed by atoms with Crippen LogP contribution in [0.4, 0.5) is 4.39 Å². The molecule has 3 heterocycles. The number of aliphatic hydroxyl groups is 1. The van der Waals surface area contributed by atoms with Crippen LogP contribution in [0.25, 0.3) is 0 Å². The predicted octanol–water partition coefficient (Wildman–Crippen LogP) is 2.23. The van der Waals surface area contributed by atoms with Crippen LogP contribution in [0.5, 0.6) is 5.75 Å². The lowest BCUT2D eigenvalue weighted by atomic mass is 9.43. The Morgan fingerprint density at radius 2 is 2.02 bits per heavy atom. The van der Waals surface area contributed by atoms with E-state index in [0.717, 1.165) is 38.8 Å². The van der Waals surface area contributed by atoms with Gasteiger partial charge in [-0.3, -0.25) is 9.69 Å². The number of aliphatic hydroxyl groups excluding tert-OH is 1. The van der Waals surface area contributed by atoms with Crippen LogP contribution >= 0.6 is 0 Å². The monoisotopic (exact) mass is 599 g/mol. The van der Waals surface area contributed by atoms with Gasteiger partial charge in [0.25, 0.3) is 0 Å². The van der Waals surface area contributed by atoms with E-state index in [2.05, 4.69) is 25.7 Å². The molecule has 1 aromatic carbocycles. The maximum Gasteiger partial charge on any atom is 0.494 e. The van der Waals surface area contributed by atoms with Gasteiger partial charge in [-0.2, -0.15) is 0 Å². The number of ketones is 1. The number of carbonyl (C=O) groups is 2. The van der Waals surface area contributed by atoms with E-state index in [0.29, 0.717) is 31.6 Å². The van der Waals surface area contributed by atoms with Gasteiger partial charge in [0.1, 0.15) is 11.9 Å². The van der Waals surface area contributed by atoms with Crippen molar-refractivity contribution in [2.24, 2.45) is 34.0 Å². The van der Waals surface area contributed by atoms with Crippen LogP contribution in [0.15, 0.2) is 12.1 Å². The Hall–Kier alpha value is -2.05. The van der Waals surface area contributed by atoms with Crippen molar-refractivity contribution < 1.29 is 43.0 Å². The number of carbonyl (C=O) groups excluding carboxylic acids is 2.